The van der Waals surface area contributed by atoms with Crippen molar-refractivity contribution in [3.8, 4) is 11.8 Å². The highest BCUT2D eigenvalue weighted by Crippen LogP contribution is 2.40. The number of methoxy groups -OCH3 is 1. The van der Waals surface area contributed by atoms with Crippen molar-refractivity contribution in [3.05, 3.63) is 23.8 Å². The molecule has 2 rings (SSSR count). The van der Waals surface area contributed by atoms with Crippen molar-refractivity contribution < 1.29 is 14.3 Å². The summed E-state index contributed by atoms with van der Waals surface area (Å²) in [5.41, 5.74) is -0.253. The van der Waals surface area contributed by atoms with Gasteiger partial charge in [-0.25, -0.2) is 4.90 Å². The third-order valence-electron chi connectivity index (χ3n) is 3.19. The predicted octanol–water partition coefficient (Wildman–Crippen LogP) is 1.86. The van der Waals surface area contributed by atoms with Crippen LogP contribution in [0.1, 0.15) is 25.8 Å². The SMILES string of the molecule is COc1cccc(C#N)c1N1C(=O)CC(C)(C)C1=O. The molecule has 1 saturated heterocycles. The van der Waals surface area contributed by atoms with E-state index >= 15 is 0 Å². The van der Waals surface area contributed by atoms with Crippen molar-refractivity contribution in [3.63, 3.8) is 0 Å². The van der Waals surface area contributed by atoms with E-state index in [9.17, 15) is 9.59 Å². The molecule has 0 saturated carbocycles. The van der Waals surface area contributed by atoms with E-state index in [1.54, 1.807) is 32.0 Å². The van der Waals surface area contributed by atoms with Crippen LogP contribution in [0, 0.1) is 16.7 Å². The van der Waals surface area contributed by atoms with Crippen LogP contribution in [0.3, 0.4) is 0 Å². The average Bonchev–Trinajstić information content (AvgIpc) is 2.57. The lowest BCUT2D eigenvalue weighted by atomic mass is 9.92. The number of hydrogen-bond acceptors (Lipinski definition) is 4. The molecule has 0 spiro atoms. The van der Waals surface area contributed by atoms with Crippen LogP contribution < -0.4 is 9.64 Å². The van der Waals surface area contributed by atoms with Crippen molar-refractivity contribution in [1.82, 2.24) is 0 Å². The second-order valence-corrected chi connectivity index (χ2v) is 5.06. The van der Waals surface area contributed by atoms with Gasteiger partial charge in [-0.1, -0.05) is 19.9 Å². The van der Waals surface area contributed by atoms with E-state index in [-0.39, 0.29) is 29.5 Å². The maximum Gasteiger partial charge on any atom is 0.240 e. The molecule has 5 heteroatoms. The van der Waals surface area contributed by atoms with Gasteiger partial charge in [-0.15, -0.1) is 0 Å². The number of carbonyl (C=O) groups excluding carboxylic acids is 2. The van der Waals surface area contributed by atoms with E-state index in [0.29, 0.717) is 5.75 Å². The molecule has 5 nitrogen and oxygen atoms in total. The Kier molecular flexibility index (Phi) is 3.03. The second-order valence-electron chi connectivity index (χ2n) is 5.06. The minimum Gasteiger partial charge on any atom is -0.495 e. The number of rotatable bonds is 2. The summed E-state index contributed by atoms with van der Waals surface area (Å²) >= 11 is 0. The first-order valence-corrected chi connectivity index (χ1v) is 5.87. The van der Waals surface area contributed by atoms with Crippen molar-refractivity contribution in [2.75, 3.05) is 12.0 Å². The molecule has 1 aliphatic heterocycles. The molecule has 0 atom stereocenters. The highest BCUT2D eigenvalue weighted by molar-refractivity contribution is 6.23. The largest absolute Gasteiger partial charge is 0.495 e. The molecule has 0 aliphatic carbocycles. The van der Waals surface area contributed by atoms with Crippen LogP contribution in [-0.2, 0) is 9.59 Å². The first-order valence-electron chi connectivity index (χ1n) is 5.87. The maximum atomic E-state index is 12.3. The lowest BCUT2D eigenvalue weighted by molar-refractivity contribution is -0.124. The van der Waals surface area contributed by atoms with E-state index in [0.717, 1.165) is 4.90 Å². The number of imide groups is 1. The van der Waals surface area contributed by atoms with Crippen molar-refractivity contribution >= 4 is 17.5 Å². The first-order chi connectivity index (χ1) is 8.92. The number of nitrogens with zero attached hydrogens (tertiary/aromatic N) is 2. The molecule has 0 aromatic heterocycles. The number of nitriles is 1. The number of benzene rings is 1. The molecule has 0 unspecified atom stereocenters. The summed E-state index contributed by atoms with van der Waals surface area (Å²) in [6.45, 7) is 3.43. The highest BCUT2D eigenvalue weighted by Gasteiger charge is 2.47. The molecular weight excluding hydrogens is 244 g/mol. The Hall–Kier alpha value is -2.35. The van der Waals surface area contributed by atoms with Gasteiger partial charge < -0.3 is 4.74 Å². The minimum atomic E-state index is -0.745. The fourth-order valence-electron chi connectivity index (χ4n) is 2.18. The van der Waals surface area contributed by atoms with Gasteiger partial charge in [-0.2, -0.15) is 5.26 Å². The summed E-state index contributed by atoms with van der Waals surface area (Å²) in [6, 6.07) is 6.83. The topological polar surface area (TPSA) is 70.4 Å². The number of anilines is 1. The van der Waals surface area contributed by atoms with Gasteiger partial charge in [-0.05, 0) is 12.1 Å². The Bertz CT molecular complexity index is 599. The molecule has 0 radical (unpaired) electrons. The summed E-state index contributed by atoms with van der Waals surface area (Å²) in [5, 5.41) is 9.15. The standard InChI is InChI=1S/C14H14N2O3/c1-14(2)7-11(17)16(13(14)18)12-9(8-15)5-4-6-10(12)19-3/h4-6H,7H2,1-3H3. The summed E-state index contributed by atoms with van der Waals surface area (Å²) in [7, 11) is 1.44. The summed E-state index contributed by atoms with van der Waals surface area (Å²) in [5.74, 6) is -0.270. The van der Waals surface area contributed by atoms with Crippen LogP contribution in [0.2, 0.25) is 0 Å². The maximum absolute atomic E-state index is 12.3. The molecule has 1 fully saturated rings. The van der Waals surface area contributed by atoms with Crippen LogP contribution in [0.15, 0.2) is 18.2 Å². The van der Waals surface area contributed by atoms with Crippen molar-refractivity contribution in [2.24, 2.45) is 5.41 Å². The van der Waals surface area contributed by atoms with Crippen molar-refractivity contribution in [1.29, 1.82) is 5.26 Å². The fraction of sp³-hybridized carbons (Fsp3) is 0.357. The molecule has 1 aliphatic rings. The quantitative estimate of drug-likeness (QED) is 0.759. The molecule has 0 bridgehead atoms. The Labute approximate surface area is 111 Å². The molecule has 1 aromatic rings. The number of para-hydroxylation sites is 1. The van der Waals surface area contributed by atoms with E-state index in [1.807, 2.05) is 6.07 Å². The molecule has 1 aromatic carbocycles. The Morgan fingerprint density at radius 2 is 2.05 bits per heavy atom. The van der Waals surface area contributed by atoms with Gasteiger partial charge in [0.2, 0.25) is 11.8 Å². The third kappa shape index (κ3) is 1.95. The van der Waals surface area contributed by atoms with Gasteiger partial charge in [0.1, 0.15) is 17.5 Å². The third-order valence-corrected chi connectivity index (χ3v) is 3.19. The zero-order chi connectivity index (χ0) is 14.2. The highest BCUT2D eigenvalue weighted by atomic mass is 16.5. The monoisotopic (exact) mass is 258 g/mol. The molecule has 98 valence electrons. The van der Waals surface area contributed by atoms with Crippen LogP contribution in [-0.4, -0.2) is 18.9 Å². The van der Waals surface area contributed by atoms with E-state index < -0.39 is 5.41 Å². The Morgan fingerprint density at radius 3 is 2.53 bits per heavy atom. The van der Waals surface area contributed by atoms with E-state index in [2.05, 4.69) is 0 Å². The zero-order valence-electron chi connectivity index (χ0n) is 11.1. The minimum absolute atomic E-state index is 0.134. The number of amides is 2. The lowest BCUT2D eigenvalue weighted by Crippen LogP contribution is -2.33. The summed E-state index contributed by atoms with van der Waals surface area (Å²) in [6.07, 6.45) is 0.134. The normalized spacial score (nSPS) is 17.5. The number of hydrogen-bond donors (Lipinski definition) is 0. The fourth-order valence-corrected chi connectivity index (χ4v) is 2.18. The van der Waals surface area contributed by atoms with E-state index in [1.165, 1.54) is 7.11 Å². The Morgan fingerprint density at radius 1 is 1.37 bits per heavy atom. The van der Waals surface area contributed by atoms with Gasteiger partial charge in [0, 0.05) is 6.42 Å². The zero-order valence-corrected chi connectivity index (χ0v) is 11.1. The van der Waals surface area contributed by atoms with Crippen molar-refractivity contribution in [2.45, 2.75) is 20.3 Å². The average molecular weight is 258 g/mol. The van der Waals surface area contributed by atoms with Gasteiger partial charge in [-0.3, -0.25) is 9.59 Å². The number of carbonyl (C=O) groups is 2. The molecule has 19 heavy (non-hydrogen) atoms. The second kappa shape index (κ2) is 4.39. The van der Waals surface area contributed by atoms with E-state index in [4.69, 9.17) is 10.00 Å². The summed E-state index contributed by atoms with van der Waals surface area (Å²) in [4.78, 5) is 25.5. The number of ether oxygens (including phenoxy) is 1. The van der Waals surface area contributed by atoms with Gasteiger partial charge in [0.05, 0.1) is 18.1 Å². The molecule has 2 amide bonds. The lowest BCUT2D eigenvalue weighted by Gasteiger charge is -2.20. The first kappa shape index (κ1) is 13.1. The summed E-state index contributed by atoms with van der Waals surface area (Å²) < 4.78 is 5.17. The Balaban J connectivity index is 2.63. The van der Waals surface area contributed by atoms with Crippen LogP contribution in [0.4, 0.5) is 5.69 Å². The molecular formula is C14H14N2O3. The molecule has 1 heterocycles. The molecule has 0 N–H and O–H groups in total. The van der Waals surface area contributed by atoms with Gasteiger partial charge >= 0.3 is 0 Å². The van der Waals surface area contributed by atoms with Crippen LogP contribution in [0.25, 0.3) is 0 Å². The van der Waals surface area contributed by atoms with Crippen LogP contribution >= 0.6 is 0 Å². The predicted molar refractivity (Wildman–Crippen MR) is 68.6 cm³/mol. The smallest absolute Gasteiger partial charge is 0.240 e. The van der Waals surface area contributed by atoms with Gasteiger partial charge in [0.15, 0.2) is 0 Å². The van der Waals surface area contributed by atoms with Gasteiger partial charge in [0.25, 0.3) is 0 Å². The van der Waals surface area contributed by atoms with Crippen LogP contribution in [0.5, 0.6) is 5.75 Å².